The van der Waals surface area contributed by atoms with Gasteiger partial charge >= 0.3 is 0 Å². The fourth-order valence-corrected chi connectivity index (χ4v) is 2.11. The van der Waals surface area contributed by atoms with Crippen molar-refractivity contribution in [1.29, 1.82) is 0 Å². The van der Waals surface area contributed by atoms with Crippen molar-refractivity contribution >= 4 is 38.8 Å². The molecule has 0 aliphatic heterocycles. The van der Waals surface area contributed by atoms with E-state index in [1.807, 2.05) is 36.4 Å². The van der Waals surface area contributed by atoms with Crippen LogP contribution in [0, 0.1) is 6.92 Å². The molecule has 3 heteroatoms. The normalized spacial score (nSPS) is 10.0. The van der Waals surface area contributed by atoms with Crippen molar-refractivity contribution in [3.63, 3.8) is 0 Å². The lowest BCUT2D eigenvalue weighted by atomic mass is 10.2. The third kappa shape index (κ3) is 3.38. The summed E-state index contributed by atoms with van der Waals surface area (Å²) in [5, 5.41) is 3.22. The quantitative estimate of drug-likeness (QED) is 0.817. The second-order valence-electron chi connectivity index (χ2n) is 3.83. The number of halogens is 1. The van der Waals surface area contributed by atoms with E-state index in [1.165, 1.54) is 5.56 Å². The summed E-state index contributed by atoms with van der Waals surface area (Å²) < 4.78 is 1.03. The Morgan fingerprint density at radius 2 is 1.82 bits per heavy atom. The minimum absolute atomic E-state index is 0.732. The summed E-state index contributed by atoms with van der Waals surface area (Å²) in [5.74, 6) is 0. The standard InChI is InChI=1S/C14H12BrNS/c1-10-5-7-13(8-6-10)16-14(17)11-3-2-4-12(15)9-11/h2-9H,1H3,(H,16,17). The molecular formula is C14H12BrNS. The Kier molecular flexibility index (Phi) is 3.92. The van der Waals surface area contributed by atoms with Crippen molar-refractivity contribution in [3.05, 3.63) is 64.1 Å². The Morgan fingerprint density at radius 3 is 2.47 bits per heavy atom. The predicted molar refractivity (Wildman–Crippen MR) is 80.6 cm³/mol. The van der Waals surface area contributed by atoms with E-state index >= 15 is 0 Å². The van der Waals surface area contributed by atoms with Gasteiger partial charge < -0.3 is 5.32 Å². The Labute approximate surface area is 115 Å². The first-order chi connectivity index (χ1) is 8.15. The molecule has 2 rings (SSSR count). The van der Waals surface area contributed by atoms with E-state index in [9.17, 15) is 0 Å². The smallest absolute Gasteiger partial charge is 0.111 e. The minimum atomic E-state index is 0.732. The second kappa shape index (κ2) is 5.43. The molecule has 17 heavy (non-hydrogen) atoms. The first kappa shape index (κ1) is 12.3. The molecule has 0 aliphatic carbocycles. The molecule has 0 aliphatic rings. The molecule has 86 valence electrons. The molecule has 0 radical (unpaired) electrons. The summed E-state index contributed by atoms with van der Waals surface area (Å²) in [5.41, 5.74) is 3.26. The molecule has 2 aromatic rings. The van der Waals surface area contributed by atoms with Crippen molar-refractivity contribution in [2.24, 2.45) is 0 Å². The number of aryl methyl sites for hydroxylation is 1. The summed E-state index contributed by atoms with van der Waals surface area (Å²) >= 11 is 8.80. The van der Waals surface area contributed by atoms with Gasteiger partial charge in [-0.3, -0.25) is 0 Å². The number of nitrogens with one attached hydrogen (secondary N) is 1. The molecule has 0 spiro atoms. The van der Waals surface area contributed by atoms with Crippen molar-refractivity contribution in [2.75, 3.05) is 5.32 Å². The zero-order valence-electron chi connectivity index (χ0n) is 9.41. The topological polar surface area (TPSA) is 12.0 Å². The molecule has 0 aromatic heterocycles. The van der Waals surface area contributed by atoms with Gasteiger partial charge in [0.05, 0.1) is 0 Å². The van der Waals surface area contributed by atoms with Gasteiger partial charge in [-0.15, -0.1) is 0 Å². The third-order valence-electron chi connectivity index (χ3n) is 2.40. The largest absolute Gasteiger partial charge is 0.346 e. The summed E-state index contributed by atoms with van der Waals surface area (Å²) in [6.45, 7) is 2.07. The van der Waals surface area contributed by atoms with Crippen LogP contribution in [-0.4, -0.2) is 4.99 Å². The Morgan fingerprint density at radius 1 is 1.12 bits per heavy atom. The maximum absolute atomic E-state index is 5.36. The highest BCUT2D eigenvalue weighted by molar-refractivity contribution is 9.10. The second-order valence-corrected chi connectivity index (χ2v) is 5.15. The maximum atomic E-state index is 5.36. The van der Waals surface area contributed by atoms with E-state index in [2.05, 4.69) is 40.3 Å². The van der Waals surface area contributed by atoms with E-state index in [-0.39, 0.29) is 0 Å². The Hall–Kier alpha value is -1.19. The van der Waals surface area contributed by atoms with Gasteiger partial charge in [-0.1, -0.05) is 58.0 Å². The van der Waals surface area contributed by atoms with Crippen LogP contribution in [0.25, 0.3) is 0 Å². The first-order valence-corrected chi connectivity index (χ1v) is 6.49. The third-order valence-corrected chi connectivity index (χ3v) is 3.23. The van der Waals surface area contributed by atoms with Crippen molar-refractivity contribution in [1.82, 2.24) is 0 Å². The number of anilines is 1. The average Bonchev–Trinajstić information content (AvgIpc) is 2.32. The molecule has 1 nitrogen and oxygen atoms in total. The number of rotatable bonds is 2. The van der Waals surface area contributed by atoms with Gasteiger partial charge in [0.25, 0.3) is 0 Å². The van der Waals surface area contributed by atoms with E-state index in [0.717, 1.165) is 20.7 Å². The SMILES string of the molecule is Cc1ccc(NC(=S)c2cccc(Br)c2)cc1. The van der Waals surface area contributed by atoms with Crippen LogP contribution in [-0.2, 0) is 0 Å². The lowest BCUT2D eigenvalue weighted by molar-refractivity contribution is 1.47. The maximum Gasteiger partial charge on any atom is 0.111 e. The van der Waals surface area contributed by atoms with Crippen LogP contribution in [0.2, 0.25) is 0 Å². The van der Waals surface area contributed by atoms with Crippen molar-refractivity contribution in [2.45, 2.75) is 6.92 Å². The van der Waals surface area contributed by atoms with E-state index < -0.39 is 0 Å². The van der Waals surface area contributed by atoms with E-state index in [1.54, 1.807) is 0 Å². The fraction of sp³-hybridized carbons (Fsp3) is 0.0714. The molecule has 1 N–H and O–H groups in total. The van der Waals surface area contributed by atoms with Gasteiger partial charge in [-0.05, 0) is 31.2 Å². The monoisotopic (exact) mass is 305 g/mol. The summed E-state index contributed by atoms with van der Waals surface area (Å²) in [7, 11) is 0. The first-order valence-electron chi connectivity index (χ1n) is 5.29. The molecule has 0 bridgehead atoms. The van der Waals surface area contributed by atoms with Crippen LogP contribution in [0.1, 0.15) is 11.1 Å². The Balaban J connectivity index is 2.14. The predicted octanol–water partition coefficient (Wildman–Crippen LogP) is 4.55. The van der Waals surface area contributed by atoms with Crippen LogP contribution < -0.4 is 5.32 Å². The van der Waals surface area contributed by atoms with E-state index in [4.69, 9.17) is 12.2 Å². The zero-order chi connectivity index (χ0) is 12.3. The van der Waals surface area contributed by atoms with E-state index in [0.29, 0.717) is 0 Å². The molecule has 0 amide bonds. The number of hydrogen-bond donors (Lipinski definition) is 1. The summed E-state index contributed by atoms with van der Waals surface area (Å²) in [4.78, 5) is 0.732. The average molecular weight is 306 g/mol. The van der Waals surface area contributed by atoms with Crippen LogP contribution in [0.15, 0.2) is 53.0 Å². The van der Waals surface area contributed by atoms with Crippen LogP contribution in [0.3, 0.4) is 0 Å². The molecule has 0 saturated heterocycles. The fourth-order valence-electron chi connectivity index (χ4n) is 1.47. The van der Waals surface area contributed by atoms with Crippen LogP contribution >= 0.6 is 28.1 Å². The van der Waals surface area contributed by atoms with Gasteiger partial charge in [-0.25, -0.2) is 0 Å². The van der Waals surface area contributed by atoms with Gasteiger partial charge in [-0.2, -0.15) is 0 Å². The molecule has 0 unspecified atom stereocenters. The Bertz CT molecular complexity index is 534. The molecular weight excluding hydrogens is 294 g/mol. The zero-order valence-corrected chi connectivity index (χ0v) is 11.8. The van der Waals surface area contributed by atoms with Crippen molar-refractivity contribution in [3.8, 4) is 0 Å². The highest BCUT2D eigenvalue weighted by Crippen LogP contribution is 2.15. The molecule has 0 fully saturated rings. The lowest BCUT2D eigenvalue weighted by Gasteiger charge is -2.08. The number of hydrogen-bond acceptors (Lipinski definition) is 1. The lowest BCUT2D eigenvalue weighted by Crippen LogP contribution is -2.10. The molecule has 0 heterocycles. The van der Waals surface area contributed by atoms with Crippen molar-refractivity contribution < 1.29 is 0 Å². The highest BCUT2D eigenvalue weighted by atomic mass is 79.9. The van der Waals surface area contributed by atoms with Gasteiger partial charge in [0.15, 0.2) is 0 Å². The summed E-state index contributed by atoms with van der Waals surface area (Å²) in [6.07, 6.45) is 0. The van der Waals surface area contributed by atoms with Crippen LogP contribution in [0.5, 0.6) is 0 Å². The van der Waals surface area contributed by atoms with Crippen LogP contribution in [0.4, 0.5) is 5.69 Å². The number of benzene rings is 2. The minimum Gasteiger partial charge on any atom is -0.346 e. The van der Waals surface area contributed by atoms with Gasteiger partial charge in [0, 0.05) is 15.7 Å². The molecule has 2 aromatic carbocycles. The van der Waals surface area contributed by atoms with Gasteiger partial charge in [0.1, 0.15) is 4.99 Å². The summed E-state index contributed by atoms with van der Waals surface area (Å²) in [6, 6.07) is 16.1. The molecule has 0 saturated carbocycles. The highest BCUT2D eigenvalue weighted by Gasteiger charge is 2.01. The number of thiocarbonyl (C=S) groups is 1. The molecule has 0 atom stereocenters. The van der Waals surface area contributed by atoms with Gasteiger partial charge in [0.2, 0.25) is 0 Å².